The van der Waals surface area contributed by atoms with Gasteiger partial charge < -0.3 is 10.2 Å². The predicted molar refractivity (Wildman–Crippen MR) is 101 cm³/mol. The van der Waals surface area contributed by atoms with E-state index in [1.54, 1.807) is 0 Å². The molecule has 1 aromatic rings. The molecule has 1 aliphatic heterocycles. The fourth-order valence-corrected chi connectivity index (χ4v) is 3.84. The van der Waals surface area contributed by atoms with Crippen LogP contribution in [0.5, 0.6) is 0 Å². The van der Waals surface area contributed by atoms with Crippen molar-refractivity contribution in [3.05, 3.63) is 29.3 Å². The van der Waals surface area contributed by atoms with Gasteiger partial charge in [-0.25, -0.2) is 0 Å². The number of nitrogens with zero attached hydrogens (tertiary/aromatic N) is 1. The largest absolute Gasteiger partial charge is 0.342 e. The first kappa shape index (κ1) is 18.0. The van der Waals surface area contributed by atoms with Crippen LogP contribution in [-0.2, 0) is 9.59 Å². The predicted octanol–water partition coefficient (Wildman–Crippen LogP) is 4.10. The molecule has 4 heteroatoms. The lowest BCUT2D eigenvalue weighted by molar-refractivity contribution is -0.134. The standard InChI is InChI=1S/C21H30N2O2/c1-14(2)16-10-8-9-15(3)19(16)22-20(24)17-13-18(17)21(25)23-11-6-4-5-7-12-23/h8-10,14,17-18H,4-7,11-13H2,1-3H3,(H,22,24). The summed E-state index contributed by atoms with van der Waals surface area (Å²) in [6, 6.07) is 6.12. The average molecular weight is 342 g/mol. The highest BCUT2D eigenvalue weighted by Crippen LogP contribution is 2.42. The molecule has 1 saturated heterocycles. The van der Waals surface area contributed by atoms with Crippen molar-refractivity contribution >= 4 is 17.5 Å². The molecule has 2 unspecified atom stereocenters. The summed E-state index contributed by atoms with van der Waals surface area (Å²) in [6.45, 7) is 8.01. The monoisotopic (exact) mass is 342 g/mol. The summed E-state index contributed by atoms with van der Waals surface area (Å²) in [4.78, 5) is 27.3. The summed E-state index contributed by atoms with van der Waals surface area (Å²) in [7, 11) is 0. The number of hydrogen-bond acceptors (Lipinski definition) is 2. The molecular formula is C21H30N2O2. The van der Waals surface area contributed by atoms with Crippen LogP contribution in [0.1, 0.15) is 63.0 Å². The second-order valence-corrected chi connectivity index (χ2v) is 7.87. The topological polar surface area (TPSA) is 49.4 Å². The lowest BCUT2D eigenvalue weighted by Gasteiger charge is -2.20. The van der Waals surface area contributed by atoms with Crippen molar-refractivity contribution in [1.82, 2.24) is 4.90 Å². The Kier molecular flexibility index (Phi) is 5.45. The van der Waals surface area contributed by atoms with Gasteiger partial charge in [0.25, 0.3) is 0 Å². The molecular weight excluding hydrogens is 312 g/mol. The Morgan fingerprint density at radius 1 is 1.08 bits per heavy atom. The molecule has 2 fully saturated rings. The van der Waals surface area contributed by atoms with Crippen molar-refractivity contribution in [1.29, 1.82) is 0 Å². The van der Waals surface area contributed by atoms with Gasteiger partial charge in [0, 0.05) is 18.8 Å². The Labute approximate surface area is 151 Å². The number of rotatable bonds is 4. The normalized spacial score (nSPS) is 23.3. The van der Waals surface area contributed by atoms with Crippen LogP contribution in [0.4, 0.5) is 5.69 Å². The van der Waals surface area contributed by atoms with E-state index in [0.29, 0.717) is 12.3 Å². The number of carbonyl (C=O) groups is 2. The molecule has 25 heavy (non-hydrogen) atoms. The van der Waals surface area contributed by atoms with Gasteiger partial charge in [0.2, 0.25) is 11.8 Å². The van der Waals surface area contributed by atoms with Crippen LogP contribution in [0, 0.1) is 18.8 Å². The molecule has 0 bridgehead atoms. The van der Waals surface area contributed by atoms with Crippen LogP contribution in [0.15, 0.2) is 18.2 Å². The lowest BCUT2D eigenvalue weighted by Crippen LogP contribution is -2.34. The van der Waals surface area contributed by atoms with Crippen LogP contribution in [0.3, 0.4) is 0 Å². The number of benzene rings is 1. The van der Waals surface area contributed by atoms with E-state index in [9.17, 15) is 9.59 Å². The number of nitrogens with one attached hydrogen (secondary N) is 1. The summed E-state index contributed by atoms with van der Waals surface area (Å²) in [5.41, 5.74) is 3.16. The first-order chi connectivity index (χ1) is 12.0. The number of likely N-dealkylation sites (tertiary alicyclic amines) is 1. The second kappa shape index (κ2) is 7.59. The number of amides is 2. The zero-order valence-corrected chi connectivity index (χ0v) is 15.7. The molecule has 1 N–H and O–H groups in total. The lowest BCUT2D eigenvalue weighted by atomic mass is 9.98. The number of hydrogen-bond donors (Lipinski definition) is 1. The third kappa shape index (κ3) is 4.05. The van der Waals surface area contributed by atoms with Crippen LogP contribution in [0.25, 0.3) is 0 Å². The van der Waals surface area contributed by atoms with Gasteiger partial charge in [-0.2, -0.15) is 0 Å². The number of carbonyl (C=O) groups excluding carboxylic acids is 2. The van der Waals surface area contributed by atoms with E-state index in [1.165, 1.54) is 12.8 Å². The minimum absolute atomic E-state index is 0.00405. The summed E-state index contributed by atoms with van der Waals surface area (Å²) in [6.07, 6.45) is 5.31. The van der Waals surface area contributed by atoms with Crippen molar-refractivity contribution in [2.24, 2.45) is 11.8 Å². The quantitative estimate of drug-likeness (QED) is 0.896. The Morgan fingerprint density at radius 2 is 1.76 bits per heavy atom. The number of anilines is 1. The molecule has 1 aromatic carbocycles. The maximum Gasteiger partial charge on any atom is 0.228 e. The minimum atomic E-state index is -0.157. The zero-order chi connectivity index (χ0) is 18.0. The molecule has 0 radical (unpaired) electrons. The third-order valence-corrected chi connectivity index (χ3v) is 5.54. The molecule has 1 heterocycles. The highest BCUT2D eigenvalue weighted by atomic mass is 16.2. The first-order valence-corrected chi connectivity index (χ1v) is 9.68. The van der Waals surface area contributed by atoms with Crippen molar-refractivity contribution in [3.63, 3.8) is 0 Å². The summed E-state index contributed by atoms with van der Waals surface area (Å²) in [5, 5.41) is 3.11. The number of para-hydroxylation sites is 1. The van der Waals surface area contributed by atoms with Gasteiger partial charge in [0.15, 0.2) is 0 Å². The Balaban J connectivity index is 1.63. The smallest absolute Gasteiger partial charge is 0.228 e. The molecule has 1 aliphatic carbocycles. The van der Waals surface area contributed by atoms with E-state index in [0.717, 1.165) is 42.7 Å². The van der Waals surface area contributed by atoms with Crippen molar-refractivity contribution in [2.45, 2.75) is 58.8 Å². The fraction of sp³-hybridized carbons (Fsp3) is 0.619. The first-order valence-electron chi connectivity index (χ1n) is 9.68. The maximum absolute atomic E-state index is 12.7. The van der Waals surface area contributed by atoms with E-state index in [4.69, 9.17) is 0 Å². The van der Waals surface area contributed by atoms with Gasteiger partial charge in [-0.3, -0.25) is 9.59 Å². The molecule has 2 aliphatic rings. The van der Waals surface area contributed by atoms with Crippen molar-refractivity contribution in [2.75, 3.05) is 18.4 Å². The van der Waals surface area contributed by atoms with E-state index in [2.05, 4.69) is 25.2 Å². The fourth-order valence-electron chi connectivity index (χ4n) is 3.84. The van der Waals surface area contributed by atoms with E-state index in [-0.39, 0.29) is 23.7 Å². The molecule has 2 amide bonds. The molecule has 4 nitrogen and oxygen atoms in total. The third-order valence-electron chi connectivity index (χ3n) is 5.54. The van der Waals surface area contributed by atoms with Crippen LogP contribution >= 0.6 is 0 Å². The van der Waals surface area contributed by atoms with Gasteiger partial charge in [0.1, 0.15) is 0 Å². The highest BCUT2D eigenvalue weighted by molar-refractivity contribution is 6.00. The zero-order valence-electron chi connectivity index (χ0n) is 15.7. The van der Waals surface area contributed by atoms with Gasteiger partial charge in [-0.15, -0.1) is 0 Å². The molecule has 3 rings (SSSR count). The highest BCUT2D eigenvalue weighted by Gasteiger charge is 2.49. The van der Waals surface area contributed by atoms with Crippen LogP contribution < -0.4 is 5.32 Å². The Morgan fingerprint density at radius 3 is 2.40 bits per heavy atom. The number of aryl methyl sites for hydroxylation is 1. The SMILES string of the molecule is Cc1cccc(C(C)C)c1NC(=O)C1CC1C(=O)N1CCCCCC1. The van der Waals surface area contributed by atoms with Crippen molar-refractivity contribution < 1.29 is 9.59 Å². The molecule has 1 saturated carbocycles. The van der Waals surface area contributed by atoms with Gasteiger partial charge in [-0.1, -0.05) is 44.9 Å². The molecule has 0 spiro atoms. The van der Waals surface area contributed by atoms with E-state index >= 15 is 0 Å². The average Bonchev–Trinajstić information content (AvgIpc) is 3.39. The summed E-state index contributed by atoms with van der Waals surface area (Å²) >= 11 is 0. The summed E-state index contributed by atoms with van der Waals surface area (Å²) < 4.78 is 0. The Bertz CT molecular complexity index is 645. The van der Waals surface area contributed by atoms with E-state index in [1.807, 2.05) is 24.0 Å². The van der Waals surface area contributed by atoms with Gasteiger partial charge >= 0.3 is 0 Å². The summed E-state index contributed by atoms with van der Waals surface area (Å²) in [5.74, 6) is 0.282. The van der Waals surface area contributed by atoms with E-state index < -0.39 is 0 Å². The second-order valence-electron chi connectivity index (χ2n) is 7.87. The van der Waals surface area contributed by atoms with Gasteiger partial charge in [0.05, 0.1) is 11.8 Å². The molecule has 136 valence electrons. The van der Waals surface area contributed by atoms with Crippen LogP contribution in [-0.4, -0.2) is 29.8 Å². The molecule has 2 atom stereocenters. The molecule has 0 aromatic heterocycles. The van der Waals surface area contributed by atoms with Gasteiger partial charge in [-0.05, 0) is 43.2 Å². The van der Waals surface area contributed by atoms with Crippen LogP contribution in [0.2, 0.25) is 0 Å². The maximum atomic E-state index is 12.7. The van der Waals surface area contributed by atoms with Crippen molar-refractivity contribution in [3.8, 4) is 0 Å². The minimum Gasteiger partial charge on any atom is -0.342 e. The Hall–Kier alpha value is -1.84.